The zero-order valence-electron chi connectivity index (χ0n) is 10.4. The Balaban J connectivity index is 1.90. The number of aryl methyl sites for hydroxylation is 1. The number of aromatic nitrogens is 3. The van der Waals surface area contributed by atoms with Crippen LogP contribution < -0.4 is 5.32 Å². The second kappa shape index (κ2) is 5.77. The van der Waals surface area contributed by atoms with Gasteiger partial charge in [-0.05, 0) is 35.7 Å². The van der Waals surface area contributed by atoms with Gasteiger partial charge in [0.2, 0.25) is 5.82 Å². The Labute approximate surface area is 110 Å². The third-order valence-corrected chi connectivity index (χ3v) is 3.30. The number of carbonyl (C=O) groups excluding carboxylic acids is 1. The predicted octanol–water partition coefficient (Wildman–Crippen LogP) is 1.79. The molecule has 18 heavy (non-hydrogen) atoms. The van der Waals surface area contributed by atoms with Crippen LogP contribution in [0.15, 0.2) is 16.8 Å². The van der Waals surface area contributed by atoms with E-state index < -0.39 is 0 Å². The zero-order chi connectivity index (χ0) is 13.0. The minimum atomic E-state index is -0.228. The van der Waals surface area contributed by atoms with E-state index in [1.807, 2.05) is 19.2 Å². The van der Waals surface area contributed by atoms with Crippen LogP contribution in [0.5, 0.6) is 0 Å². The molecule has 2 rings (SSSR count). The molecule has 2 aromatic heterocycles. The van der Waals surface area contributed by atoms with Crippen molar-refractivity contribution in [2.75, 3.05) is 0 Å². The molecule has 0 spiro atoms. The van der Waals surface area contributed by atoms with Crippen molar-refractivity contribution in [3.8, 4) is 0 Å². The molecule has 0 aliphatic heterocycles. The number of hydrogen-bond donors (Lipinski definition) is 2. The number of nitrogens with one attached hydrogen (secondary N) is 2. The highest BCUT2D eigenvalue weighted by molar-refractivity contribution is 7.07. The van der Waals surface area contributed by atoms with Gasteiger partial charge in [-0.3, -0.25) is 9.89 Å². The zero-order valence-corrected chi connectivity index (χ0v) is 11.3. The Morgan fingerprint density at radius 2 is 2.44 bits per heavy atom. The highest BCUT2D eigenvalue weighted by Gasteiger charge is 2.14. The molecule has 0 fully saturated rings. The quantitative estimate of drug-likeness (QED) is 0.865. The van der Waals surface area contributed by atoms with Gasteiger partial charge in [0, 0.05) is 12.5 Å². The maximum Gasteiger partial charge on any atom is 0.291 e. The first-order valence-electron chi connectivity index (χ1n) is 5.92. The molecule has 6 heteroatoms. The maximum atomic E-state index is 11.9. The fourth-order valence-electron chi connectivity index (χ4n) is 1.66. The SMILES string of the molecule is CCc1nc(C(=O)NC(C)Cc2ccsc2)n[nH]1. The number of hydrogen-bond acceptors (Lipinski definition) is 4. The topological polar surface area (TPSA) is 70.7 Å². The summed E-state index contributed by atoms with van der Waals surface area (Å²) in [5.41, 5.74) is 1.23. The Kier molecular flexibility index (Phi) is 4.09. The molecule has 96 valence electrons. The molecule has 2 aromatic rings. The number of aromatic amines is 1. The molecule has 0 saturated heterocycles. The van der Waals surface area contributed by atoms with E-state index in [1.54, 1.807) is 11.3 Å². The second-order valence-corrected chi connectivity index (χ2v) is 4.95. The van der Waals surface area contributed by atoms with E-state index in [1.165, 1.54) is 5.56 Å². The summed E-state index contributed by atoms with van der Waals surface area (Å²) in [6.45, 7) is 3.93. The Morgan fingerprint density at radius 1 is 1.61 bits per heavy atom. The lowest BCUT2D eigenvalue weighted by atomic mass is 10.1. The number of thiophene rings is 1. The van der Waals surface area contributed by atoms with Gasteiger partial charge in [0.1, 0.15) is 5.82 Å². The van der Waals surface area contributed by atoms with Gasteiger partial charge in [0.15, 0.2) is 0 Å². The molecule has 0 aliphatic rings. The second-order valence-electron chi connectivity index (χ2n) is 4.17. The van der Waals surface area contributed by atoms with E-state index in [0.717, 1.165) is 18.7 Å². The first-order chi connectivity index (χ1) is 8.69. The van der Waals surface area contributed by atoms with Crippen molar-refractivity contribution in [1.29, 1.82) is 0 Å². The fraction of sp³-hybridized carbons (Fsp3) is 0.417. The molecule has 1 atom stereocenters. The van der Waals surface area contributed by atoms with Crippen molar-refractivity contribution >= 4 is 17.2 Å². The predicted molar refractivity (Wildman–Crippen MR) is 70.7 cm³/mol. The highest BCUT2D eigenvalue weighted by atomic mass is 32.1. The van der Waals surface area contributed by atoms with Gasteiger partial charge < -0.3 is 5.32 Å². The minimum Gasteiger partial charge on any atom is -0.346 e. The van der Waals surface area contributed by atoms with E-state index in [-0.39, 0.29) is 17.8 Å². The van der Waals surface area contributed by atoms with Crippen LogP contribution in [0.1, 0.15) is 35.9 Å². The van der Waals surface area contributed by atoms with Crippen molar-refractivity contribution in [3.63, 3.8) is 0 Å². The van der Waals surface area contributed by atoms with Crippen molar-refractivity contribution in [2.45, 2.75) is 32.7 Å². The van der Waals surface area contributed by atoms with Crippen molar-refractivity contribution in [3.05, 3.63) is 34.0 Å². The molecule has 2 N–H and O–H groups in total. The van der Waals surface area contributed by atoms with Crippen LogP contribution in [0.2, 0.25) is 0 Å². The Bertz CT molecular complexity index is 506. The van der Waals surface area contributed by atoms with Crippen LogP contribution >= 0.6 is 11.3 Å². The molecule has 0 saturated carbocycles. The normalized spacial score (nSPS) is 12.3. The average Bonchev–Trinajstić information content (AvgIpc) is 2.98. The van der Waals surface area contributed by atoms with E-state index >= 15 is 0 Å². The van der Waals surface area contributed by atoms with Crippen molar-refractivity contribution in [2.24, 2.45) is 0 Å². The average molecular weight is 264 g/mol. The van der Waals surface area contributed by atoms with Gasteiger partial charge >= 0.3 is 0 Å². The summed E-state index contributed by atoms with van der Waals surface area (Å²) in [4.78, 5) is 16.0. The lowest BCUT2D eigenvalue weighted by Gasteiger charge is -2.11. The maximum absolute atomic E-state index is 11.9. The summed E-state index contributed by atoms with van der Waals surface area (Å²) in [6.07, 6.45) is 1.56. The van der Waals surface area contributed by atoms with Crippen LogP contribution in [0.4, 0.5) is 0 Å². The number of H-pyrrole nitrogens is 1. The molecule has 0 aromatic carbocycles. The van der Waals surface area contributed by atoms with Gasteiger partial charge in [-0.2, -0.15) is 11.3 Å². The lowest BCUT2D eigenvalue weighted by Crippen LogP contribution is -2.34. The monoisotopic (exact) mass is 264 g/mol. The molecular formula is C12H16N4OS. The summed E-state index contributed by atoms with van der Waals surface area (Å²) < 4.78 is 0. The van der Waals surface area contributed by atoms with E-state index in [4.69, 9.17) is 0 Å². The summed E-state index contributed by atoms with van der Waals surface area (Å²) >= 11 is 1.66. The van der Waals surface area contributed by atoms with Gasteiger partial charge in [-0.25, -0.2) is 4.98 Å². The third-order valence-electron chi connectivity index (χ3n) is 2.57. The van der Waals surface area contributed by atoms with Gasteiger partial charge in [0.05, 0.1) is 0 Å². The molecule has 0 aliphatic carbocycles. The van der Waals surface area contributed by atoms with E-state index in [2.05, 4.69) is 31.9 Å². The number of amides is 1. The summed E-state index contributed by atoms with van der Waals surface area (Å²) in [5.74, 6) is 0.711. The van der Waals surface area contributed by atoms with Crippen LogP contribution in [0.25, 0.3) is 0 Å². The molecule has 1 amide bonds. The standard InChI is InChI=1S/C12H16N4OS/c1-3-10-14-11(16-15-10)12(17)13-8(2)6-9-4-5-18-7-9/h4-5,7-8H,3,6H2,1-2H3,(H,13,17)(H,14,15,16). The van der Waals surface area contributed by atoms with Crippen molar-refractivity contribution < 1.29 is 4.79 Å². The van der Waals surface area contributed by atoms with Gasteiger partial charge in [-0.1, -0.05) is 6.92 Å². The van der Waals surface area contributed by atoms with E-state index in [9.17, 15) is 4.79 Å². The summed E-state index contributed by atoms with van der Waals surface area (Å²) in [6, 6.07) is 2.13. The molecule has 2 heterocycles. The van der Waals surface area contributed by atoms with Crippen LogP contribution in [0, 0.1) is 0 Å². The van der Waals surface area contributed by atoms with Crippen LogP contribution in [-0.2, 0) is 12.8 Å². The highest BCUT2D eigenvalue weighted by Crippen LogP contribution is 2.08. The van der Waals surface area contributed by atoms with Gasteiger partial charge in [0.25, 0.3) is 5.91 Å². The fourth-order valence-corrected chi connectivity index (χ4v) is 2.34. The summed E-state index contributed by atoms with van der Waals surface area (Å²) in [5, 5.41) is 13.6. The Hall–Kier alpha value is -1.69. The molecule has 5 nitrogen and oxygen atoms in total. The Morgan fingerprint density at radius 3 is 3.06 bits per heavy atom. The number of nitrogens with zero attached hydrogens (tertiary/aromatic N) is 2. The molecule has 0 bridgehead atoms. The number of rotatable bonds is 5. The smallest absolute Gasteiger partial charge is 0.291 e. The van der Waals surface area contributed by atoms with E-state index in [0.29, 0.717) is 0 Å². The van der Waals surface area contributed by atoms with Gasteiger partial charge in [-0.15, -0.1) is 5.10 Å². The largest absolute Gasteiger partial charge is 0.346 e. The van der Waals surface area contributed by atoms with Crippen LogP contribution in [0.3, 0.4) is 0 Å². The summed E-state index contributed by atoms with van der Waals surface area (Å²) in [7, 11) is 0. The first-order valence-corrected chi connectivity index (χ1v) is 6.86. The minimum absolute atomic E-state index is 0.0654. The lowest BCUT2D eigenvalue weighted by molar-refractivity contribution is 0.0930. The third kappa shape index (κ3) is 3.16. The van der Waals surface area contributed by atoms with Crippen molar-refractivity contribution in [1.82, 2.24) is 20.5 Å². The molecule has 1 unspecified atom stereocenters. The van der Waals surface area contributed by atoms with Crippen LogP contribution in [-0.4, -0.2) is 27.1 Å². The first kappa shape index (κ1) is 12.8. The number of carbonyl (C=O) groups is 1. The molecular weight excluding hydrogens is 248 g/mol. The molecule has 0 radical (unpaired) electrons.